The molecule has 0 radical (unpaired) electrons. The molecule has 5 aromatic rings. The lowest BCUT2D eigenvalue weighted by atomic mass is 9.97. The number of hydrogen-bond acceptors (Lipinski definition) is 5. The number of aromatic nitrogens is 2. The van der Waals surface area contributed by atoms with Gasteiger partial charge in [-0.15, -0.1) is 0 Å². The molecule has 0 aliphatic carbocycles. The van der Waals surface area contributed by atoms with Gasteiger partial charge < -0.3 is 14.3 Å². The van der Waals surface area contributed by atoms with E-state index in [4.69, 9.17) is 4.52 Å². The van der Waals surface area contributed by atoms with Gasteiger partial charge in [0, 0.05) is 49.5 Å². The summed E-state index contributed by atoms with van der Waals surface area (Å²) in [5.41, 5.74) is 7.66. The summed E-state index contributed by atoms with van der Waals surface area (Å²) in [5, 5.41) is 4.02. The van der Waals surface area contributed by atoms with Crippen molar-refractivity contribution in [1.82, 2.24) is 19.9 Å². The zero-order chi connectivity index (χ0) is 31.2. The van der Waals surface area contributed by atoms with E-state index in [1.807, 2.05) is 104 Å². The number of rotatable bonds is 9. The second kappa shape index (κ2) is 13.6. The molecule has 2 amide bonds. The van der Waals surface area contributed by atoms with E-state index >= 15 is 0 Å². The van der Waals surface area contributed by atoms with Crippen LogP contribution in [0.2, 0.25) is 0 Å². The summed E-state index contributed by atoms with van der Waals surface area (Å²) in [6.07, 6.45) is 6.23. The minimum atomic E-state index is -0.713. The predicted octanol–water partition coefficient (Wildman–Crippen LogP) is 6.59. The minimum Gasteiger partial charge on any atom is -0.361 e. The summed E-state index contributed by atoms with van der Waals surface area (Å²) in [4.78, 5) is 36.8. The maximum atomic E-state index is 14.5. The summed E-state index contributed by atoms with van der Waals surface area (Å²) in [7, 11) is 0. The molecule has 2 aromatic heterocycles. The summed E-state index contributed by atoms with van der Waals surface area (Å²) in [6.45, 7) is 5.06. The summed E-state index contributed by atoms with van der Waals surface area (Å²) in [5.74, 6) is 0.324. The smallest absolute Gasteiger partial charge is 0.247 e. The van der Waals surface area contributed by atoms with Crippen molar-refractivity contribution in [2.24, 2.45) is 0 Å². The van der Waals surface area contributed by atoms with Crippen LogP contribution in [0.3, 0.4) is 0 Å². The van der Waals surface area contributed by atoms with E-state index in [2.05, 4.69) is 22.3 Å². The van der Waals surface area contributed by atoms with E-state index in [1.165, 1.54) is 11.6 Å². The lowest BCUT2D eigenvalue weighted by molar-refractivity contribution is -0.144. The average molecular weight is 597 g/mol. The van der Waals surface area contributed by atoms with Gasteiger partial charge >= 0.3 is 0 Å². The number of hydrogen-bond donors (Lipinski definition) is 0. The molecule has 1 aliphatic heterocycles. The molecule has 0 unspecified atom stereocenters. The van der Waals surface area contributed by atoms with Crippen LogP contribution < -0.4 is 0 Å². The zero-order valence-electron chi connectivity index (χ0n) is 25.6. The molecule has 0 N–H and O–H groups in total. The lowest BCUT2D eigenvalue weighted by Crippen LogP contribution is -2.52. The molecule has 1 aliphatic rings. The summed E-state index contributed by atoms with van der Waals surface area (Å²) >= 11 is 0. The van der Waals surface area contributed by atoms with Gasteiger partial charge in [0.05, 0.1) is 11.4 Å². The highest BCUT2D eigenvalue weighted by Gasteiger charge is 2.34. The van der Waals surface area contributed by atoms with Crippen molar-refractivity contribution in [1.29, 1.82) is 0 Å². The average Bonchev–Trinajstić information content (AvgIpc) is 3.41. The number of aryl methyl sites for hydroxylation is 2. The van der Waals surface area contributed by atoms with Crippen LogP contribution in [0.5, 0.6) is 0 Å². The Morgan fingerprint density at radius 2 is 1.62 bits per heavy atom. The van der Waals surface area contributed by atoms with Crippen molar-refractivity contribution in [3.05, 3.63) is 149 Å². The molecular formula is C38H36N4O3. The summed E-state index contributed by atoms with van der Waals surface area (Å²) in [6, 6.07) is 31.3. The Morgan fingerprint density at radius 1 is 0.889 bits per heavy atom. The first-order valence-electron chi connectivity index (χ1n) is 15.3. The zero-order valence-corrected chi connectivity index (χ0v) is 25.6. The van der Waals surface area contributed by atoms with Crippen LogP contribution >= 0.6 is 0 Å². The molecule has 1 atom stereocenters. The van der Waals surface area contributed by atoms with E-state index in [-0.39, 0.29) is 18.4 Å². The Balaban J connectivity index is 1.35. The quantitative estimate of drug-likeness (QED) is 0.179. The third-order valence-electron chi connectivity index (χ3n) is 8.41. The van der Waals surface area contributed by atoms with Crippen LogP contribution in [-0.4, -0.2) is 44.3 Å². The van der Waals surface area contributed by atoms with Gasteiger partial charge in [-0.3, -0.25) is 14.6 Å². The third kappa shape index (κ3) is 6.93. The first-order chi connectivity index (χ1) is 22.0. The Hall–Kier alpha value is -5.30. The van der Waals surface area contributed by atoms with Gasteiger partial charge in [-0.25, -0.2) is 0 Å². The largest absolute Gasteiger partial charge is 0.361 e. The van der Waals surface area contributed by atoms with E-state index < -0.39 is 6.04 Å². The van der Waals surface area contributed by atoms with Crippen LogP contribution in [0.25, 0.3) is 17.3 Å². The van der Waals surface area contributed by atoms with Crippen molar-refractivity contribution < 1.29 is 14.1 Å². The molecule has 3 heterocycles. The Morgan fingerprint density at radius 3 is 2.33 bits per heavy atom. The molecule has 0 fully saturated rings. The van der Waals surface area contributed by atoms with Crippen molar-refractivity contribution in [2.45, 2.75) is 45.8 Å². The maximum Gasteiger partial charge on any atom is 0.247 e. The Kier molecular flexibility index (Phi) is 8.96. The van der Waals surface area contributed by atoms with Gasteiger partial charge in [0.15, 0.2) is 0 Å². The molecule has 6 rings (SSSR count). The first kappa shape index (κ1) is 29.8. The molecular weight excluding hydrogens is 560 g/mol. The van der Waals surface area contributed by atoms with Crippen LogP contribution in [0.15, 0.2) is 114 Å². The van der Waals surface area contributed by atoms with Gasteiger partial charge in [0.2, 0.25) is 11.8 Å². The van der Waals surface area contributed by atoms with Crippen LogP contribution in [0, 0.1) is 13.8 Å². The highest BCUT2D eigenvalue weighted by atomic mass is 16.5. The molecule has 7 nitrogen and oxygen atoms in total. The van der Waals surface area contributed by atoms with E-state index in [9.17, 15) is 9.59 Å². The van der Waals surface area contributed by atoms with Gasteiger partial charge in [-0.2, -0.15) is 0 Å². The van der Waals surface area contributed by atoms with Crippen molar-refractivity contribution in [3.63, 3.8) is 0 Å². The number of benzene rings is 3. The fraction of sp³-hybridized carbons (Fsp3) is 0.211. The second-order valence-corrected chi connectivity index (χ2v) is 11.4. The highest BCUT2D eigenvalue weighted by molar-refractivity contribution is 5.96. The number of carbonyl (C=O) groups excluding carboxylic acids is 2. The van der Waals surface area contributed by atoms with Crippen molar-refractivity contribution in [3.8, 4) is 11.3 Å². The van der Waals surface area contributed by atoms with E-state index in [0.29, 0.717) is 31.0 Å². The molecule has 7 heteroatoms. The molecule has 0 bridgehead atoms. The van der Waals surface area contributed by atoms with E-state index in [1.54, 1.807) is 17.2 Å². The summed E-state index contributed by atoms with van der Waals surface area (Å²) < 4.78 is 5.31. The van der Waals surface area contributed by atoms with Crippen molar-refractivity contribution in [2.75, 3.05) is 6.54 Å². The fourth-order valence-electron chi connectivity index (χ4n) is 5.89. The SMILES string of the molecule is Cc1noc(C)c1/C=C/C(=O)N(Cc1ccc(-c2ccccn2)cc1)[C@@H](Cc1ccccc1)C(=O)N1CCc2ccccc2C1. The molecule has 0 spiro atoms. The predicted molar refractivity (Wildman–Crippen MR) is 175 cm³/mol. The lowest BCUT2D eigenvalue weighted by Gasteiger charge is -2.37. The molecule has 0 saturated heterocycles. The number of nitrogens with zero attached hydrogens (tertiary/aromatic N) is 4. The van der Waals surface area contributed by atoms with Gasteiger partial charge in [-0.1, -0.05) is 90.1 Å². The van der Waals surface area contributed by atoms with Gasteiger partial charge in [0.25, 0.3) is 0 Å². The Bertz CT molecular complexity index is 1780. The van der Waals surface area contributed by atoms with Crippen LogP contribution in [-0.2, 0) is 35.5 Å². The number of fused-ring (bicyclic) bond motifs is 1. The number of carbonyl (C=O) groups is 2. The molecule has 0 saturated carbocycles. The van der Waals surface area contributed by atoms with Gasteiger partial charge in [-0.05, 0) is 60.7 Å². The highest BCUT2D eigenvalue weighted by Crippen LogP contribution is 2.24. The number of amides is 2. The molecule has 3 aromatic carbocycles. The minimum absolute atomic E-state index is 0.0578. The third-order valence-corrected chi connectivity index (χ3v) is 8.41. The van der Waals surface area contributed by atoms with Crippen LogP contribution in [0.1, 0.15) is 39.3 Å². The monoisotopic (exact) mass is 596 g/mol. The van der Waals surface area contributed by atoms with Crippen molar-refractivity contribution >= 4 is 17.9 Å². The maximum absolute atomic E-state index is 14.5. The van der Waals surface area contributed by atoms with Gasteiger partial charge in [0.1, 0.15) is 11.8 Å². The molecule has 226 valence electrons. The Labute approximate surface area is 263 Å². The van der Waals surface area contributed by atoms with E-state index in [0.717, 1.165) is 39.9 Å². The normalized spacial score (nSPS) is 13.4. The number of pyridine rings is 1. The fourth-order valence-corrected chi connectivity index (χ4v) is 5.89. The topological polar surface area (TPSA) is 79.5 Å². The molecule has 45 heavy (non-hydrogen) atoms. The standard InChI is InChI=1S/C38H36N4O3/c1-27-34(28(2)45-40-27)19-20-37(43)42(25-30-15-17-32(18-16-30)35-14-8-9-22-39-35)36(24-29-10-4-3-5-11-29)38(44)41-23-21-31-12-6-7-13-33(31)26-41/h3-20,22,36H,21,23-26H2,1-2H3/b20-19+/t36-/m0/s1. The van der Waals surface area contributed by atoms with Crippen LogP contribution in [0.4, 0.5) is 0 Å². The first-order valence-corrected chi connectivity index (χ1v) is 15.3. The second-order valence-electron chi connectivity index (χ2n) is 11.4.